The van der Waals surface area contributed by atoms with E-state index in [1.165, 1.54) is 0 Å². The lowest BCUT2D eigenvalue weighted by molar-refractivity contribution is -0.136. The van der Waals surface area contributed by atoms with Gasteiger partial charge in [0.25, 0.3) is 0 Å². The number of nitrogens with zero attached hydrogens (tertiary/aromatic N) is 4. The van der Waals surface area contributed by atoms with Gasteiger partial charge in [0, 0.05) is 37.0 Å². The SMILES string of the molecule is O=C(NCc1cccc(-n2cccn2)c1)C(=O)Nc1cccc(Cn2cccn2)c1. The van der Waals surface area contributed by atoms with Gasteiger partial charge in [0.2, 0.25) is 0 Å². The summed E-state index contributed by atoms with van der Waals surface area (Å²) < 4.78 is 3.51. The summed E-state index contributed by atoms with van der Waals surface area (Å²) in [5.41, 5.74) is 3.27. The van der Waals surface area contributed by atoms with Gasteiger partial charge in [-0.05, 0) is 47.5 Å². The molecule has 0 bridgehead atoms. The van der Waals surface area contributed by atoms with Gasteiger partial charge >= 0.3 is 11.8 Å². The summed E-state index contributed by atoms with van der Waals surface area (Å²) in [6, 6.07) is 18.6. The fourth-order valence-corrected chi connectivity index (χ4v) is 3.01. The van der Waals surface area contributed by atoms with Crippen LogP contribution in [-0.4, -0.2) is 31.4 Å². The average molecular weight is 400 g/mol. The monoisotopic (exact) mass is 400 g/mol. The highest BCUT2D eigenvalue weighted by molar-refractivity contribution is 6.39. The van der Waals surface area contributed by atoms with Crippen LogP contribution in [0, 0.1) is 0 Å². The Hall–Kier alpha value is -4.20. The van der Waals surface area contributed by atoms with Gasteiger partial charge in [-0.2, -0.15) is 10.2 Å². The first-order valence-corrected chi connectivity index (χ1v) is 9.42. The first-order chi connectivity index (χ1) is 14.7. The van der Waals surface area contributed by atoms with Crippen LogP contribution in [0.15, 0.2) is 85.5 Å². The molecule has 2 aromatic heterocycles. The Bertz CT molecular complexity index is 1140. The maximum Gasteiger partial charge on any atom is 0.313 e. The van der Waals surface area contributed by atoms with Gasteiger partial charge in [-0.15, -0.1) is 0 Å². The van der Waals surface area contributed by atoms with E-state index in [1.807, 2.05) is 67.0 Å². The van der Waals surface area contributed by atoms with Crippen molar-refractivity contribution < 1.29 is 9.59 Å². The van der Waals surface area contributed by atoms with Gasteiger partial charge in [0.1, 0.15) is 0 Å². The molecule has 2 heterocycles. The van der Waals surface area contributed by atoms with Crippen molar-refractivity contribution in [2.45, 2.75) is 13.1 Å². The van der Waals surface area contributed by atoms with E-state index >= 15 is 0 Å². The van der Waals surface area contributed by atoms with Crippen LogP contribution in [0.4, 0.5) is 5.69 Å². The van der Waals surface area contributed by atoms with Crippen molar-refractivity contribution in [3.05, 3.63) is 96.6 Å². The minimum absolute atomic E-state index is 0.237. The molecule has 0 radical (unpaired) electrons. The predicted octanol–water partition coefficient (Wildman–Crippen LogP) is 2.37. The largest absolute Gasteiger partial charge is 0.344 e. The van der Waals surface area contributed by atoms with E-state index in [0.29, 0.717) is 12.2 Å². The van der Waals surface area contributed by atoms with Gasteiger partial charge in [-0.25, -0.2) is 4.68 Å². The van der Waals surface area contributed by atoms with Crippen LogP contribution in [0.2, 0.25) is 0 Å². The molecule has 0 unspecified atom stereocenters. The summed E-state index contributed by atoms with van der Waals surface area (Å²) in [6.45, 7) is 0.816. The summed E-state index contributed by atoms with van der Waals surface area (Å²) in [5.74, 6) is -1.41. The van der Waals surface area contributed by atoms with Crippen LogP contribution in [0.25, 0.3) is 5.69 Å². The molecule has 8 nitrogen and oxygen atoms in total. The molecule has 2 aromatic carbocycles. The average Bonchev–Trinajstić information content (AvgIpc) is 3.47. The number of benzene rings is 2. The standard InChI is InChI=1S/C22H20N6O2/c29-21(23-15-17-5-2-8-20(14-17)28-12-4-10-25-28)22(30)26-19-7-1-6-18(13-19)16-27-11-3-9-24-27/h1-14H,15-16H2,(H,23,29)(H,26,30). The van der Waals surface area contributed by atoms with E-state index in [9.17, 15) is 9.59 Å². The molecule has 0 spiro atoms. The number of aromatic nitrogens is 4. The smallest absolute Gasteiger partial charge is 0.313 e. The molecule has 0 aliphatic carbocycles. The summed E-state index contributed by atoms with van der Waals surface area (Å²) >= 11 is 0. The van der Waals surface area contributed by atoms with Crippen molar-refractivity contribution >= 4 is 17.5 Å². The molecule has 0 atom stereocenters. The number of hydrogen-bond donors (Lipinski definition) is 2. The third-order valence-electron chi connectivity index (χ3n) is 4.43. The lowest BCUT2D eigenvalue weighted by Crippen LogP contribution is -2.35. The second-order valence-electron chi connectivity index (χ2n) is 6.66. The molecule has 30 heavy (non-hydrogen) atoms. The summed E-state index contributed by atoms with van der Waals surface area (Å²) in [4.78, 5) is 24.5. The van der Waals surface area contributed by atoms with E-state index < -0.39 is 11.8 Å². The Morgan fingerprint density at radius 2 is 1.63 bits per heavy atom. The summed E-state index contributed by atoms with van der Waals surface area (Å²) in [5, 5.41) is 13.6. The molecular weight excluding hydrogens is 380 g/mol. The van der Waals surface area contributed by atoms with E-state index in [-0.39, 0.29) is 6.54 Å². The summed E-state index contributed by atoms with van der Waals surface area (Å²) in [7, 11) is 0. The highest BCUT2D eigenvalue weighted by Crippen LogP contribution is 2.12. The molecule has 2 N–H and O–H groups in total. The van der Waals surface area contributed by atoms with Gasteiger partial charge < -0.3 is 10.6 Å². The minimum atomic E-state index is -0.713. The molecule has 4 rings (SSSR count). The van der Waals surface area contributed by atoms with Crippen molar-refractivity contribution in [3.8, 4) is 5.69 Å². The van der Waals surface area contributed by atoms with Gasteiger partial charge in [0.05, 0.1) is 12.2 Å². The first kappa shape index (κ1) is 19.1. The second kappa shape index (κ2) is 8.87. The molecule has 4 aromatic rings. The van der Waals surface area contributed by atoms with Crippen molar-refractivity contribution in [1.29, 1.82) is 0 Å². The molecule has 0 aliphatic rings. The fraction of sp³-hybridized carbons (Fsp3) is 0.0909. The normalized spacial score (nSPS) is 10.5. The number of nitrogens with one attached hydrogen (secondary N) is 2. The van der Waals surface area contributed by atoms with Crippen LogP contribution in [0.3, 0.4) is 0 Å². The number of hydrogen-bond acceptors (Lipinski definition) is 4. The Morgan fingerprint density at radius 1 is 0.833 bits per heavy atom. The van der Waals surface area contributed by atoms with Crippen molar-refractivity contribution in [2.24, 2.45) is 0 Å². The lowest BCUT2D eigenvalue weighted by Gasteiger charge is -2.09. The Kier molecular flexibility index (Phi) is 5.66. The summed E-state index contributed by atoms with van der Waals surface area (Å²) in [6.07, 6.45) is 7.11. The predicted molar refractivity (Wildman–Crippen MR) is 112 cm³/mol. The van der Waals surface area contributed by atoms with E-state index in [1.54, 1.807) is 27.8 Å². The van der Waals surface area contributed by atoms with Crippen LogP contribution in [0.5, 0.6) is 0 Å². The molecule has 0 aliphatic heterocycles. The Balaban J connectivity index is 1.33. The Morgan fingerprint density at radius 3 is 2.43 bits per heavy atom. The Labute approximate surface area is 173 Å². The quantitative estimate of drug-likeness (QED) is 0.486. The third kappa shape index (κ3) is 4.79. The van der Waals surface area contributed by atoms with E-state index in [4.69, 9.17) is 0 Å². The zero-order chi connectivity index (χ0) is 20.8. The van der Waals surface area contributed by atoms with Crippen LogP contribution in [0.1, 0.15) is 11.1 Å². The van der Waals surface area contributed by atoms with E-state index in [2.05, 4.69) is 20.8 Å². The lowest BCUT2D eigenvalue weighted by atomic mass is 10.2. The molecule has 2 amide bonds. The number of carbonyl (C=O) groups is 2. The van der Waals surface area contributed by atoms with Crippen LogP contribution in [-0.2, 0) is 22.7 Å². The third-order valence-corrected chi connectivity index (χ3v) is 4.43. The maximum absolute atomic E-state index is 12.3. The second-order valence-corrected chi connectivity index (χ2v) is 6.66. The number of amides is 2. The first-order valence-electron chi connectivity index (χ1n) is 9.42. The van der Waals surface area contributed by atoms with Crippen molar-refractivity contribution in [1.82, 2.24) is 24.9 Å². The number of carbonyl (C=O) groups excluding carboxylic acids is 2. The highest BCUT2D eigenvalue weighted by atomic mass is 16.2. The maximum atomic E-state index is 12.3. The fourth-order valence-electron chi connectivity index (χ4n) is 3.01. The highest BCUT2D eigenvalue weighted by Gasteiger charge is 2.14. The van der Waals surface area contributed by atoms with E-state index in [0.717, 1.165) is 16.8 Å². The van der Waals surface area contributed by atoms with Crippen molar-refractivity contribution in [2.75, 3.05) is 5.32 Å². The van der Waals surface area contributed by atoms with Gasteiger partial charge in [-0.1, -0.05) is 24.3 Å². The number of anilines is 1. The molecule has 8 heteroatoms. The van der Waals surface area contributed by atoms with Gasteiger partial charge in [-0.3, -0.25) is 14.3 Å². The molecule has 150 valence electrons. The molecule has 0 saturated carbocycles. The van der Waals surface area contributed by atoms with Crippen LogP contribution >= 0.6 is 0 Å². The minimum Gasteiger partial charge on any atom is -0.344 e. The molecule has 0 fully saturated rings. The zero-order valence-electron chi connectivity index (χ0n) is 16.1. The molecular formula is C22H20N6O2. The van der Waals surface area contributed by atoms with Gasteiger partial charge in [0.15, 0.2) is 0 Å². The van der Waals surface area contributed by atoms with Crippen LogP contribution < -0.4 is 10.6 Å². The topological polar surface area (TPSA) is 93.8 Å². The molecule has 0 saturated heterocycles. The van der Waals surface area contributed by atoms with Crippen molar-refractivity contribution in [3.63, 3.8) is 0 Å². The number of rotatable bonds is 6. The zero-order valence-corrected chi connectivity index (χ0v) is 16.1.